The first kappa shape index (κ1) is 57.5. The number of halogens is 7. The van der Waals surface area contributed by atoms with Gasteiger partial charge in [-0.2, -0.15) is 26.3 Å². The molecule has 0 unspecified atom stereocenters. The van der Waals surface area contributed by atoms with Gasteiger partial charge in [-0.05, 0) is 171 Å². The standard InChI is InChI=1S/C39H24F3N.C21H12BrF3.C18H14BNO2/c40-39(41,42)27-21-17-25(18-22-27)37-31-11-1-3-13-33(31)38(34-14-4-2-12-32(34)37)26-19-23-28(24-20-26)43-35-15-7-5-9-29(35)30-10-6-8-16-36(30)43;22-20-17-7-3-1-5-15(17)19(16-6-2-4-8-18(16)20)13-9-11-14(12-10-13)21(23,24)25;21-19(22)13-9-11-14(12-10-13)20-17-7-3-1-5-15(17)16-6-2-4-8-18(16)20/h1-24H;1-12H;1-12,21-22H. The largest absolute Gasteiger partial charge is 0.488 e. The molecule has 14 aromatic carbocycles. The van der Waals surface area contributed by atoms with E-state index < -0.39 is 30.6 Å². The molecule has 0 aliphatic rings. The van der Waals surface area contributed by atoms with Crippen LogP contribution in [0.15, 0.2) is 296 Å². The molecule has 0 saturated heterocycles. The van der Waals surface area contributed by atoms with Crippen molar-refractivity contribution in [3.05, 3.63) is 307 Å². The zero-order chi connectivity index (χ0) is 61.8. The van der Waals surface area contributed by atoms with Crippen molar-refractivity contribution in [2.75, 3.05) is 0 Å². The van der Waals surface area contributed by atoms with Gasteiger partial charge in [-0.15, -0.1) is 0 Å². The van der Waals surface area contributed by atoms with Gasteiger partial charge in [0, 0.05) is 37.4 Å². The van der Waals surface area contributed by atoms with Gasteiger partial charge < -0.3 is 19.2 Å². The smallest absolute Gasteiger partial charge is 0.423 e. The highest BCUT2D eigenvalue weighted by Crippen LogP contribution is 2.46. The SMILES string of the molecule is FC(F)(F)c1ccc(-c2c3ccccc3c(-c3ccc(-n4c5ccccc5c5ccccc54)cc3)c3ccccc23)cc1.FC(F)(F)c1ccc(-c2c3ccccc3c(Br)c3ccccc23)cc1.OB(O)c1ccc(-n2c3ccccc3c3ccccc32)cc1. The van der Waals surface area contributed by atoms with E-state index in [1.54, 1.807) is 36.4 Å². The van der Waals surface area contributed by atoms with E-state index in [2.05, 4.69) is 146 Å². The van der Waals surface area contributed by atoms with Gasteiger partial charge in [-0.1, -0.05) is 218 Å². The summed E-state index contributed by atoms with van der Waals surface area (Å²) in [6.07, 6.45) is -8.71. The van der Waals surface area contributed by atoms with Crippen molar-refractivity contribution in [1.29, 1.82) is 0 Å². The number of hydrogen-bond donors (Lipinski definition) is 2. The normalized spacial score (nSPS) is 11.8. The van der Waals surface area contributed by atoms with Crippen molar-refractivity contribution < 1.29 is 36.4 Å². The third-order valence-corrected chi connectivity index (χ3v) is 17.7. The van der Waals surface area contributed by atoms with Crippen LogP contribution in [0.2, 0.25) is 0 Å². The number of fused-ring (bicyclic) bond motifs is 10. The molecular formula is C78H50BBrF6N2O2. The summed E-state index contributed by atoms with van der Waals surface area (Å²) in [4.78, 5) is 0. The maximum absolute atomic E-state index is 13.3. The fourth-order valence-electron chi connectivity index (χ4n) is 12.8. The average molecular weight is 1250 g/mol. The predicted molar refractivity (Wildman–Crippen MR) is 362 cm³/mol. The minimum atomic E-state index is -4.38. The van der Waals surface area contributed by atoms with E-state index in [4.69, 9.17) is 0 Å². The molecule has 0 atom stereocenters. The lowest BCUT2D eigenvalue weighted by Crippen LogP contribution is -2.29. The van der Waals surface area contributed by atoms with Crippen molar-refractivity contribution in [2.45, 2.75) is 12.4 Å². The van der Waals surface area contributed by atoms with Gasteiger partial charge in [-0.3, -0.25) is 0 Å². The van der Waals surface area contributed by atoms with Crippen molar-refractivity contribution >= 4 is 115 Å². The second-order valence-electron chi connectivity index (χ2n) is 22.0. The van der Waals surface area contributed by atoms with Crippen molar-refractivity contribution in [1.82, 2.24) is 9.13 Å². The van der Waals surface area contributed by atoms with Crippen LogP contribution in [0.4, 0.5) is 26.3 Å². The van der Waals surface area contributed by atoms with Crippen LogP contribution in [0.3, 0.4) is 0 Å². The summed E-state index contributed by atoms with van der Waals surface area (Å²) < 4.78 is 84.1. The van der Waals surface area contributed by atoms with E-state index in [1.807, 2.05) is 109 Å². The molecule has 0 fully saturated rings. The molecule has 16 rings (SSSR count). The Kier molecular flexibility index (Phi) is 14.9. The van der Waals surface area contributed by atoms with E-state index in [9.17, 15) is 36.4 Å². The fourth-order valence-corrected chi connectivity index (χ4v) is 13.5. The Morgan fingerprint density at radius 1 is 0.267 bits per heavy atom. The second kappa shape index (κ2) is 23.4. The maximum atomic E-state index is 13.3. The molecular weight excluding hydrogens is 1200 g/mol. The minimum Gasteiger partial charge on any atom is -0.423 e. The Balaban J connectivity index is 0.000000128. The number of nitrogens with zero attached hydrogens (tertiary/aromatic N) is 2. The summed E-state index contributed by atoms with van der Waals surface area (Å²) in [7, 11) is -1.44. The molecule has 0 spiro atoms. The highest BCUT2D eigenvalue weighted by Gasteiger charge is 2.31. The topological polar surface area (TPSA) is 50.3 Å². The molecule has 436 valence electrons. The second-order valence-corrected chi connectivity index (χ2v) is 22.8. The molecule has 90 heavy (non-hydrogen) atoms. The molecule has 2 N–H and O–H groups in total. The van der Waals surface area contributed by atoms with Gasteiger partial charge in [0.05, 0.1) is 33.2 Å². The number of rotatable bonds is 6. The van der Waals surface area contributed by atoms with Gasteiger partial charge in [0.25, 0.3) is 0 Å². The molecule has 2 aromatic heterocycles. The van der Waals surface area contributed by atoms with Crippen molar-refractivity contribution in [3.8, 4) is 44.8 Å². The van der Waals surface area contributed by atoms with Gasteiger partial charge in [0.1, 0.15) is 0 Å². The molecule has 16 aromatic rings. The molecule has 0 amide bonds. The van der Waals surface area contributed by atoms with Crippen LogP contribution in [-0.2, 0) is 12.4 Å². The Morgan fingerprint density at radius 2 is 0.489 bits per heavy atom. The van der Waals surface area contributed by atoms with E-state index in [0.717, 1.165) is 127 Å². The Labute approximate surface area is 521 Å². The van der Waals surface area contributed by atoms with E-state index in [1.165, 1.54) is 33.7 Å². The summed E-state index contributed by atoms with van der Waals surface area (Å²) >= 11 is 3.68. The Bertz CT molecular complexity index is 5150. The fraction of sp³-hybridized carbons (Fsp3) is 0.0256. The monoisotopic (exact) mass is 1250 g/mol. The first-order valence-corrected chi connectivity index (χ1v) is 29.9. The first-order chi connectivity index (χ1) is 43.7. The average Bonchev–Trinajstić information content (AvgIpc) is 0.815. The molecule has 0 aliphatic carbocycles. The van der Waals surface area contributed by atoms with E-state index >= 15 is 0 Å². The predicted octanol–water partition coefficient (Wildman–Crippen LogP) is 21.3. The number of aromatic nitrogens is 2. The Morgan fingerprint density at radius 3 is 0.756 bits per heavy atom. The van der Waals surface area contributed by atoms with Crippen LogP contribution in [0.1, 0.15) is 11.1 Å². The zero-order valence-corrected chi connectivity index (χ0v) is 49.3. The lowest BCUT2D eigenvalue weighted by molar-refractivity contribution is -0.138. The van der Waals surface area contributed by atoms with Crippen LogP contribution in [-0.4, -0.2) is 26.3 Å². The summed E-state index contributed by atoms with van der Waals surface area (Å²) in [6, 6.07) is 92.6. The van der Waals surface area contributed by atoms with Gasteiger partial charge >= 0.3 is 19.5 Å². The first-order valence-electron chi connectivity index (χ1n) is 29.1. The highest BCUT2D eigenvalue weighted by atomic mass is 79.9. The third-order valence-electron chi connectivity index (χ3n) is 16.8. The number of alkyl halides is 6. The summed E-state index contributed by atoms with van der Waals surface area (Å²) in [5.74, 6) is 0. The molecule has 0 bridgehead atoms. The van der Waals surface area contributed by atoms with Crippen LogP contribution in [0.25, 0.3) is 131 Å². The van der Waals surface area contributed by atoms with Crippen LogP contribution in [0, 0.1) is 0 Å². The van der Waals surface area contributed by atoms with Crippen molar-refractivity contribution in [3.63, 3.8) is 0 Å². The molecule has 0 aliphatic heterocycles. The van der Waals surface area contributed by atoms with E-state index in [0.29, 0.717) is 5.46 Å². The quantitative estimate of drug-likeness (QED) is 0.0990. The lowest BCUT2D eigenvalue weighted by atomic mass is 9.80. The van der Waals surface area contributed by atoms with E-state index in [-0.39, 0.29) is 0 Å². The minimum absolute atomic E-state index is 0.490. The summed E-state index contributed by atoms with van der Waals surface area (Å²) in [5.41, 5.74) is 11.5. The highest BCUT2D eigenvalue weighted by molar-refractivity contribution is 9.10. The summed E-state index contributed by atoms with van der Waals surface area (Å²) in [5, 5.41) is 31.5. The summed E-state index contributed by atoms with van der Waals surface area (Å²) in [6.45, 7) is 0. The van der Waals surface area contributed by atoms with Crippen LogP contribution < -0.4 is 5.46 Å². The molecule has 2 heterocycles. The van der Waals surface area contributed by atoms with Gasteiger partial charge in [0.2, 0.25) is 0 Å². The number of para-hydroxylation sites is 4. The lowest BCUT2D eigenvalue weighted by Gasteiger charge is -2.18. The molecule has 0 radical (unpaired) electrons. The molecule has 0 saturated carbocycles. The molecule has 4 nitrogen and oxygen atoms in total. The zero-order valence-electron chi connectivity index (χ0n) is 47.7. The van der Waals surface area contributed by atoms with Crippen molar-refractivity contribution in [2.24, 2.45) is 0 Å². The molecule has 12 heteroatoms. The van der Waals surface area contributed by atoms with Crippen LogP contribution >= 0.6 is 15.9 Å². The number of benzene rings is 14. The van der Waals surface area contributed by atoms with Crippen LogP contribution in [0.5, 0.6) is 0 Å². The maximum Gasteiger partial charge on any atom is 0.488 e. The van der Waals surface area contributed by atoms with Gasteiger partial charge in [-0.25, -0.2) is 0 Å². The Hall–Kier alpha value is -10.2. The number of hydrogen-bond acceptors (Lipinski definition) is 2. The van der Waals surface area contributed by atoms with Gasteiger partial charge in [0.15, 0.2) is 0 Å². The third kappa shape index (κ3) is 10.4.